The first-order valence-corrected chi connectivity index (χ1v) is 5.33. The Kier molecular flexibility index (Phi) is 4.25. The van der Waals surface area contributed by atoms with Crippen molar-refractivity contribution in [3.05, 3.63) is 17.8 Å². The van der Waals surface area contributed by atoms with Crippen molar-refractivity contribution in [1.82, 2.24) is 10.3 Å². The maximum Gasteiger partial charge on any atom is 0.326 e. The molecular weight excluding hydrogens is 224 g/mol. The summed E-state index contributed by atoms with van der Waals surface area (Å²) in [4.78, 5) is 26.3. The third-order valence-corrected chi connectivity index (χ3v) is 2.23. The lowest BCUT2D eigenvalue weighted by Gasteiger charge is -2.17. The minimum Gasteiger partial charge on any atom is -0.480 e. The van der Waals surface area contributed by atoms with Gasteiger partial charge in [0, 0.05) is 0 Å². The molecule has 1 rings (SSSR count). The normalized spacial score (nSPS) is 12.5. The van der Waals surface area contributed by atoms with E-state index in [1.54, 1.807) is 20.8 Å². The summed E-state index contributed by atoms with van der Waals surface area (Å²) in [6.45, 7) is 5.19. The number of nitrogens with one attached hydrogen (secondary N) is 1. The number of aromatic nitrogens is 1. The first kappa shape index (κ1) is 13.2. The monoisotopic (exact) mass is 240 g/mol. The fraction of sp³-hybridized carbons (Fsp3) is 0.545. The van der Waals surface area contributed by atoms with Crippen molar-refractivity contribution in [2.75, 3.05) is 0 Å². The molecule has 0 aliphatic heterocycles. The van der Waals surface area contributed by atoms with Crippen molar-refractivity contribution < 1.29 is 19.1 Å². The fourth-order valence-electron chi connectivity index (χ4n) is 1.36. The van der Waals surface area contributed by atoms with Gasteiger partial charge in [-0.2, -0.15) is 0 Å². The first-order valence-electron chi connectivity index (χ1n) is 5.33. The van der Waals surface area contributed by atoms with E-state index >= 15 is 0 Å². The van der Waals surface area contributed by atoms with Crippen LogP contribution < -0.4 is 5.32 Å². The largest absolute Gasteiger partial charge is 0.480 e. The minimum atomic E-state index is -1.04. The molecule has 0 aromatic carbocycles. The van der Waals surface area contributed by atoms with Crippen molar-refractivity contribution in [2.45, 2.75) is 33.2 Å². The minimum absolute atomic E-state index is 0.0513. The van der Waals surface area contributed by atoms with Gasteiger partial charge < -0.3 is 14.8 Å². The maximum absolute atomic E-state index is 11.6. The van der Waals surface area contributed by atoms with Crippen molar-refractivity contribution in [3.63, 3.8) is 0 Å². The van der Waals surface area contributed by atoms with E-state index in [1.807, 2.05) is 0 Å². The molecule has 17 heavy (non-hydrogen) atoms. The molecule has 1 aromatic heterocycles. The van der Waals surface area contributed by atoms with E-state index in [1.165, 1.54) is 6.20 Å². The summed E-state index contributed by atoms with van der Waals surface area (Å²) in [5.74, 6) is -0.730. The van der Waals surface area contributed by atoms with Crippen LogP contribution in [0.3, 0.4) is 0 Å². The zero-order valence-corrected chi connectivity index (χ0v) is 10.1. The predicted molar refractivity (Wildman–Crippen MR) is 59.3 cm³/mol. The van der Waals surface area contributed by atoms with E-state index in [0.29, 0.717) is 5.76 Å². The summed E-state index contributed by atoms with van der Waals surface area (Å²) < 4.78 is 5.14. The Balaban J connectivity index is 2.56. The Morgan fingerprint density at radius 2 is 2.18 bits per heavy atom. The topological polar surface area (TPSA) is 92.4 Å². The van der Waals surface area contributed by atoms with Gasteiger partial charge in [-0.25, -0.2) is 9.78 Å². The number of amides is 1. The van der Waals surface area contributed by atoms with Crippen LogP contribution in [0.2, 0.25) is 0 Å². The molecule has 1 amide bonds. The number of hydrogen-bond donors (Lipinski definition) is 2. The van der Waals surface area contributed by atoms with Gasteiger partial charge in [0.2, 0.25) is 11.8 Å². The highest BCUT2D eigenvalue weighted by Gasteiger charge is 2.23. The van der Waals surface area contributed by atoms with Gasteiger partial charge in [-0.15, -0.1) is 0 Å². The van der Waals surface area contributed by atoms with E-state index in [-0.39, 0.29) is 18.2 Å². The van der Waals surface area contributed by atoms with Gasteiger partial charge in [-0.05, 0) is 12.8 Å². The van der Waals surface area contributed by atoms with Crippen LogP contribution in [0, 0.1) is 12.8 Å². The second-order valence-corrected chi connectivity index (χ2v) is 4.17. The number of oxazole rings is 1. The average molecular weight is 240 g/mol. The Morgan fingerprint density at radius 3 is 2.59 bits per heavy atom. The van der Waals surface area contributed by atoms with Crippen LogP contribution in [0.1, 0.15) is 25.5 Å². The third kappa shape index (κ3) is 3.90. The van der Waals surface area contributed by atoms with E-state index in [2.05, 4.69) is 10.3 Å². The molecular formula is C11H16N2O4. The molecule has 0 unspecified atom stereocenters. The molecule has 0 fully saturated rings. The van der Waals surface area contributed by atoms with E-state index in [0.717, 1.165) is 0 Å². The van der Waals surface area contributed by atoms with Crippen molar-refractivity contribution >= 4 is 11.9 Å². The lowest BCUT2D eigenvalue weighted by molar-refractivity contribution is -0.143. The van der Waals surface area contributed by atoms with Crippen LogP contribution in [0.4, 0.5) is 0 Å². The Bertz CT molecular complexity index is 411. The number of nitrogens with zero attached hydrogens (tertiary/aromatic N) is 1. The standard InChI is InChI=1S/C11H16N2O4/c1-6(2)10(11(15)16)13-8(14)4-9-12-5-7(3)17-9/h5-6,10H,4H2,1-3H3,(H,13,14)(H,15,16)/t10-/m0/s1. The van der Waals surface area contributed by atoms with Crippen molar-refractivity contribution in [3.8, 4) is 0 Å². The number of carboxylic acid groups (broad SMARTS) is 1. The SMILES string of the molecule is Cc1cnc(CC(=O)N[C@H](C(=O)O)C(C)C)o1. The zero-order chi connectivity index (χ0) is 13.0. The number of hydrogen-bond acceptors (Lipinski definition) is 4. The fourth-order valence-corrected chi connectivity index (χ4v) is 1.36. The summed E-state index contributed by atoms with van der Waals surface area (Å²) in [6.07, 6.45) is 1.46. The molecule has 0 aliphatic carbocycles. The Hall–Kier alpha value is -1.85. The molecule has 0 bridgehead atoms. The quantitative estimate of drug-likeness (QED) is 0.792. The number of carbonyl (C=O) groups is 2. The van der Waals surface area contributed by atoms with Crippen LogP contribution in [-0.4, -0.2) is 28.0 Å². The molecule has 0 saturated heterocycles. The highest BCUT2D eigenvalue weighted by molar-refractivity contribution is 5.84. The summed E-state index contributed by atoms with van der Waals surface area (Å²) >= 11 is 0. The summed E-state index contributed by atoms with van der Waals surface area (Å²) in [7, 11) is 0. The van der Waals surface area contributed by atoms with E-state index in [9.17, 15) is 9.59 Å². The van der Waals surface area contributed by atoms with Crippen molar-refractivity contribution in [1.29, 1.82) is 0 Å². The predicted octanol–water partition coefficient (Wildman–Crippen LogP) is 0.751. The third-order valence-electron chi connectivity index (χ3n) is 2.23. The lowest BCUT2D eigenvalue weighted by atomic mass is 10.0. The molecule has 6 nitrogen and oxygen atoms in total. The molecule has 0 aliphatic rings. The van der Waals surface area contributed by atoms with Gasteiger partial charge >= 0.3 is 5.97 Å². The molecule has 1 heterocycles. The van der Waals surface area contributed by atoms with Gasteiger partial charge in [-0.1, -0.05) is 13.8 Å². The van der Waals surface area contributed by atoms with E-state index in [4.69, 9.17) is 9.52 Å². The average Bonchev–Trinajstić information content (AvgIpc) is 2.59. The van der Waals surface area contributed by atoms with Gasteiger partial charge in [0.25, 0.3) is 0 Å². The molecule has 94 valence electrons. The Labute approximate surface area is 99.0 Å². The number of aryl methyl sites for hydroxylation is 1. The molecule has 6 heteroatoms. The van der Waals surface area contributed by atoms with Gasteiger partial charge in [-0.3, -0.25) is 4.79 Å². The summed E-state index contributed by atoms with van der Waals surface area (Å²) in [6, 6.07) is -0.890. The number of aliphatic carboxylic acids is 1. The summed E-state index contributed by atoms with van der Waals surface area (Å²) in [5, 5.41) is 11.3. The first-order chi connectivity index (χ1) is 7.90. The van der Waals surface area contributed by atoms with Gasteiger partial charge in [0.05, 0.1) is 6.20 Å². The lowest BCUT2D eigenvalue weighted by Crippen LogP contribution is -2.44. The van der Waals surface area contributed by atoms with Crippen LogP contribution >= 0.6 is 0 Å². The van der Waals surface area contributed by atoms with Gasteiger partial charge in [0.1, 0.15) is 18.2 Å². The number of carboxylic acids is 1. The zero-order valence-electron chi connectivity index (χ0n) is 10.1. The molecule has 2 N–H and O–H groups in total. The van der Waals surface area contributed by atoms with Crippen LogP contribution in [0.25, 0.3) is 0 Å². The van der Waals surface area contributed by atoms with Gasteiger partial charge in [0.15, 0.2) is 0 Å². The maximum atomic E-state index is 11.6. The number of rotatable bonds is 5. The summed E-state index contributed by atoms with van der Waals surface area (Å²) in [5.41, 5.74) is 0. The number of carbonyl (C=O) groups excluding carboxylic acids is 1. The second kappa shape index (κ2) is 5.47. The highest BCUT2D eigenvalue weighted by atomic mass is 16.4. The highest BCUT2D eigenvalue weighted by Crippen LogP contribution is 2.05. The Morgan fingerprint density at radius 1 is 1.53 bits per heavy atom. The van der Waals surface area contributed by atoms with Crippen molar-refractivity contribution in [2.24, 2.45) is 5.92 Å². The molecule has 0 spiro atoms. The molecule has 1 atom stereocenters. The molecule has 0 radical (unpaired) electrons. The second-order valence-electron chi connectivity index (χ2n) is 4.17. The van der Waals surface area contributed by atoms with Crippen LogP contribution in [0.5, 0.6) is 0 Å². The molecule has 0 saturated carbocycles. The van der Waals surface area contributed by atoms with Crippen LogP contribution in [0.15, 0.2) is 10.6 Å². The smallest absolute Gasteiger partial charge is 0.326 e. The van der Waals surface area contributed by atoms with E-state index < -0.39 is 17.9 Å². The molecule has 1 aromatic rings. The van der Waals surface area contributed by atoms with Crippen LogP contribution in [-0.2, 0) is 16.0 Å².